The van der Waals surface area contributed by atoms with Crippen LogP contribution in [0.5, 0.6) is 0 Å². The molecule has 0 aromatic heterocycles. The Morgan fingerprint density at radius 3 is 2.79 bits per heavy atom. The molecule has 1 aromatic carbocycles. The molecule has 3 N–H and O–H groups in total. The fourth-order valence-electron chi connectivity index (χ4n) is 1.38. The lowest BCUT2D eigenvalue weighted by molar-refractivity contribution is 0.199. The van der Waals surface area contributed by atoms with Gasteiger partial charge in [-0.15, -0.1) is 0 Å². The van der Waals surface area contributed by atoms with Gasteiger partial charge in [0, 0.05) is 0 Å². The van der Waals surface area contributed by atoms with Gasteiger partial charge >= 0.3 is 6.02 Å². The lowest BCUT2D eigenvalue weighted by Gasteiger charge is -2.13. The van der Waals surface area contributed by atoms with Gasteiger partial charge in [0.2, 0.25) is 0 Å². The standard InChI is InChI=1S/C9H12N4O/c1-6-3-4-8(7(2)5-6)13-11-9(10)14-12-13/h3-5,12H,1-2H3,(H2,10,11). The SMILES string of the molecule is Cc1ccc(N2N=C(N)ON2)c(C)c1. The van der Waals surface area contributed by atoms with E-state index in [2.05, 4.69) is 16.8 Å². The minimum atomic E-state index is 0.116. The number of nitrogens with two attached hydrogens (primary N) is 1. The van der Waals surface area contributed by atoms with Crippen LogP contribution in [0.1, 0.15) is 11.1 Å². The molecule has 0 radical (unpaired) electrons. The fourth-order valence-corrected chi connectivity index (χ4v) is 1.38. The highest BCUT2D eigenvalue weighted by atomic mass is 16.7. The highest BCUT2D eigenvalue weighted by molar-refractivity contribution is 5.74. The van der Waals surface area contributed by atoms with Gasteiger partial charge in [-0.3, -0.25) is 0 Å². The van der Waals surface area contributed by atoms with E-state index in [1.54, 1.807) is 0 Å². The van der Waals surface area contributed by atoms with Crippen molar-refractivity contribution in [3.63, 3.8) is 0 Å². The molecule has 0 saturated heterocycles. The van der Waals surface area contributed by atoms with Crippen LogP contribution in [0, 0.1) is 13.8 Å². The van der Waals surface area contributed by atoms with Crippen molar-refractivity contribution in [2.45, 2.75) is 13.8 Å². The molecule has 0 unspecified atom stereocenters. The minimum absolute atomic E-state index is 0.116. The summed E-state index contributed by atoms with van der Waals surface area (Å²) in [5.74, 6) is 0. The number of nitrogens with one attached hydrogen (secondary N) is 1. The summed E-state index contributed by atoms with van der Waals surface area (Å²) in [5, 5.41) is 5.45. The quantitative estimate of drug-likeness (QED) is 0.690. The number of rotatable bonds is 1. The van der Waals surface area contributed by atoms with Crippen molar-refractivity contribution in [3.8, 4) is 0 Å². The van der Waals surface area contributed by atoms with Crippen molar-refractivity contribution in [1.82, 2.24) is 5.59 Å². The Morgan fingerprint density at radius 2 is 2.21 bits per heavy atom. The third-order valence-electron chi connectivity index (χ3n) is 2.02. The van der Waals surface area contributed by atoms with Crippen LogP contribution in [0.4, 0.5) is 5.69 Å². The van der Waals surface area contributed by atoms with E-state index in [0.717, 1.165) is 11.3 Å². The summed E-state index contributed by atoms with van der Waals surface area (Å²) in [6.45, 7) is 4.05. The second kappa shape index (κ2) is 3.19. The first kappa shape index (κ1) is 8.83. The summed E-state index contributed by atoms with van der Waals surface area (Å²) in [4.78, 5) is 4.81. The molecule has 1 heterocycles. The van der Waals surface area contributed by atoms with Crippen LogP contribution in [0.25, 0.3) is 0 Å². The summed E-state index contributed by atoms with van der Waals surface area (Å²) in [6.07, 6.45) is 0. The van der Waals surface area contributed by atoms with Gasteiger partial charge in [-0.25, -0.2) is 0 Å². The summed E-state index contributed by atoms with van der Waals surface area (Å²) < 4.78 is 0. The molecule has 2 rings (SSSR count). The number of anilines is 1. The number of hydrogen-bond donors (Lipinski definition) is 2. The lowest BCUT2D eigenvalue weighted by Crippen LogP contribution is -2.28. The van der Waals surface area contributed by atoms with E-state index in [4.69, 9.17) is 10.6 Å². The van der Waals surface area contributed by atoms with Crippen LogP contribution in [0.3, 0.4) is 0 Å². The van der Waals surface area contributed by atoms with Gasteiger partial charge in [-0.1, -0.05) is 22.8 Å². The maximum atomic E-state index is 5.37. The number of hydrazine groups is 1. The third-order valence-corrected chi connectivity index (χ3v) is 2.02. The zero-order valence-corrected chi connectivity index (χ0v) is 8.11. The first-order valence-corrected chi connectivity index (χ1v) is 4.31. The van der Waals surface area contributed by atoms with Crippen LogP contribution in [0.2, 0.25) is 0 Å². The predicted octanol–water partition coefficient (Wildman–Crippen LogP) is 0.789. The van der Waals surface area contributed by atoms with Crippen molar-refractivity contribution >= 4 is 11.7 Å². The molecule has 5 nitrogen and oxygen atoms in total. The Hall–Kier alpha value is -1.75. The van der Waals surface area contributed by atoms with Gasteiger partial charge in [0.25, 0.3) is 0 Å². The number of hydrogen-bond acceptors (Lipinski definition) is 5. The van der Waals surface area contributed by atoms with Crippen LogP contribution < -0.4 is 16.4 Å². The maximum Gasteiger partial charge on any atom is 0.327 e. The Morgan fingerprint density at radius 1 is 1.43 bits per heavy atom. The van der Waals surface area contributed by atoms with Crippen molar-refractivity contribution in [3.05, 3.63) is 29.3 Å². The van der Waals surface area contributed by atoms with Crippen molar-refractivity contribution < 1.29 is 4.84 Å². The van der Waals surface area contributed by atoms with Crippen molar-refractivity contribution in [1.29, 1.82) is 0 Å². The molecule has 0 fully saturated rings. The van der Waals surface area contributed by atoms with Crippen LogP contribution >= 0.6 is 0 Å². The average Bonchev–Trinajstić information content (AvgIpc) is 2.51. The number of benzene rings is 1. The summed E-state index contributed by atoms with van der Waals surface area (Å²) in [6, 6.07) is 6.16. The van der Waals surface area contributed by atoms with Crippen molar-refractivity contribution in [2.24, 2.45) is 10.8 Å². The van der Waals surface area contributed by atoms with E-state index in [-0.39, 0.29) is 6.02 Å². The number of hydrazone groups is 1. The van der Waals surface area contributed by atoms with E-state index < -0.39 is 0 Å². The van der Waals surface area contributed by atoms with Crippen LogP contribution in [0.15, 0.2) is 23.3 Å². The predicted molar refractivity (Wildman–Crippen MR) is 54.2 cm³/mol. The Kier molecular flexibility index (Phi) is 2.01. The Bertz CT molecular complexity index is 388. The molecule has 14 heavy (non-hydrogen) atoms. The highest BCUT2D eigenvalue weighted by Gasteiger charge is 2.15. The van der Waals surface area contributed by atoms with E-state index in [9.17, 15) is 0 Å². The van der Waals surface area contributed by atoms with Gasteiger partial charge in [0.15, 0.2) is 0 Å². The molecule has 5 heteroatoms. The molecule has 1 aliphatic rings. The zero-order chi connectivity index (χ0) is 10.1. The second-order valence-electron chi connectivity index (χ2n) is 3.23. The molecule has 0 spiro atoms. The van der Waals surface area contributed by atoms with Gasteiger partial charge in [0.1, 0.15) is 0 Å². The molecule has 0 aliphatic carbocycles. The molecule has 0 atom stereocenters. The maximum absolute atomic E-state index is 5.37. The average molecular weight is 192 g/mol. The number of nitrogens with zero attached hydrogens (tertiary/aromatic N) is 2. The summed E-state index contributed by atoms with van der Waals surface area (Å²) in [5.41, 5.74) is 11.2. The zero-order valence-electron chi connectivity index (χ0n) is 8.11. The molecule has 1 aliphatic heterocycles. The molecular formula is C9H12N4O. The van der Waals surface area contributed by atoms with Gasteiger partial charge in [-0.05, 0) is 31.1 Å². The van der Waals surface area contributed by atoms with Crippen molar-refractivity contribution in [2.75, 3.05) is 5.12 Å². The molecule has 74 valence electrons. The monoisotopic (exact) mass is 192 g/mol. The largest absolute Gasteiger partial charge is 0.351 e. The summed E-state index contributed by atoms with van der Waals surface area (Å²) >= 11 is 0. The van der Waals surface area contributed by atoms with E-state index in [0.29, 0.717) is 0 Å². The van der Waals surface area contributed by atoms with Gasteiger partial charge in [-0.2, -0.15) is 5.12 Å². The first-order chi connectivity index (χ1) is 6.66. The molecule has 1 aromatic rings. The van der Waals surface area contributed by atoms with E-state index in [1.165, 1.54) is 10.7 Å². The van der Waals surface area contributed by atoms with E-state index in [1.807, 2.05) is 26.0 Å². The second-order valence-corrected chi connectivity index (χ2v) is 3.23. The Balaban J connectivity index is 2.33. The molecular weight excluding hydrogens is 180 g/mol. The first-order valence-electron chi connectivity index (χ1n) is 4.31. The topological polar surface area (TPSA) is 62.9 Å². The molecule has 0 saturated carbocycles. The highest BCUT2D eigenvalue weighted by Crippen LogP contribution is 2.21. The van der Waals surface area contributed by atoms with Crippen LogP contribution in [-0.4, -0.2) is 6.02 Å². The molecule has 0 bridgehead atoms. The minimum Gasteiger partial charge on any atom is -0.351 e. The lowest BCUT2D eigenvalue weighted by atomic mass is 10.1. The normalized spacial score (nSPS) is 15.3. The fraction of sp³-hybridized carbons (Fsp3) is 0.222. The van der Waals surface area contributed by atoms with Gasteiger partial charge < -0.3 is 10.6 Å². The number of aryl methyl sites for hydroxylation is 2. The Labute approximate surface area is 82.1 Å². The number of amidine groups is 1. The van der Waals surface area contributed by atoms with E-state index >= 15 is 0 Å². The molecule has 0 amide bonds. The smallest absolute Gasteiger partial charge is 0.327 e. The third kappa shape index (κ3) is 1.49. The van der Waals surface area contributed by atoms with Crippen LogP contribution in [-0.2, 0) is 4.84 Å². The summed E-state index contributed by atoms with van der Waals surface area (Å²) in [7, 11) is 0. The van der Waals surface area contributed by atoms with Gasteiger partial charge in [0.05, 0.1) is 5.69 Å².